The summed E-state index contributed by atoms with van der Waals surface area (Å²) in [5.41, 5.74) is 1.74. The van der Waals surface area contributed by atoms with Crippen LogP contribution in [0.15, 0.2) is 48.9 Å². The second kappa shape index (κ2) is 3.62. The zero-order valence-electron chi connectivity index (χ0n) is 8.41. The van der Waals surface area contributed by atoms with Crippen LogP contribution in [-0.2, 0) is 0 Å². The number of benzene rings is 1. The highest BCUT2D eigenvalue weighted by molar-refractivity contribution is 5.54. The molecule has 1 N–H and O–H groups in total. The molecule has 78 valence electrons. The van der Waals surface area contributed by atoms with Crippen molar-refractivity contribution >= 4 is 17.3 Å². The average molecular weight is 211 g/mol. The first-order valence-corrected chi connectivity index (χ1v) is 4.90. The summed E-state index contributed by atoms with van der Waals surface area (Å²) in [6.07, 6.45) is 3.31. The van der Waals surface area contributed by atoms with Crippen molar-refractivity contribution in [3.05, 3.63) is 48.9 Å². The van der Waals surface area contributed by atoms with Gasteiger partial charge in [0.25, 0.3) is 0 Å². The molecule has 0 aliphatic heterocycles. The van der Waals surface area contributed by atoms with E-state index >= 15 is 0 Å². The lowest BCUT2D eigenvalue weighted by molar-refractivity contribution is 0.925. The van der Waals surface area contributed by atoms with E-state index in [2.05, 4.69) is 20.4 Å². The lowest BCUT2D eigenvalue weighted by Gasteiger charge is -1.98. The number of hydrogen-bond donors (Lipinski definition) is 1. The van der Waals surface area contributed by atoms with E-state index < -0.39 is 0 Å². The van der Waals surface area contributed by atoms with Crippen molar-refractivity contribution in [2.45, 2.75) is 0 Å². The van der Waals surface area contributed by atoms with E-state index in [9.17, 15) is 0 Å². The molecule has 5 nitrogen and oxygen atoms in total. The minimum atomic E-state index is 0.569. The van der Waals surface area contributed by atoms with Crippen LogP contribution in [0.1, 0.15) is 0 Å². The van der Waals surface area contributed by atoms with Crippen LogP contribution in [0.5, 0.6) is 0 Å². The highest BCUT2D eigenvalue weighted by Gasteiger charge is 2.02. The molecule has 0 aliphatic rings. The molecule has 0 amide bonds. The van der Waals surface area contributed by atoms with Gasteiger partial charge in [-0.3, -0.25) is 0 Å². The fourth-order valence-electron chi connectivity index (χ4n) is 1.45. The minimum absolute atomic E-state index is 0.569. The Morgan fingerprint density at radius 1 is 1.06 bits per heavy atom. The van der Waals surface area contributed by atoms with Gasteiger partial charge < -0.3 is 5.32 Å². The fraction of sp³-hybridized carbons (Fsp3) is 0. The van der Waals surface area contributed by atoms with Gasteiger partial charge in [-0.1, -0.05) is 18.2 Å². The number of rotatable bonds is 2. The maximum Gasteiger partial charge on any atom is 0.247 e. The SMILES string of the molecule is c1ccc(Nc2nc3ccncn3n2)cc1. The van der Waals surface area contributed by atoms with Gasteiger partial charge in [0, 0.05) is 18.0 Å². The van der Waals surface area contributed by atoms with Crippen LogP contribution in [0, 0.1) is 0 Å². The summed E-state index contributed by atoms with van der Waals surface area (Å²) in [6, 6.07) is 11.6. The zero-order chi connectivity index (χ0) is 10.8. The predicted octanol–water partition coefficient (Wildman–Crippen LogP) is 1.87. The summed E-state index contributed by atoms with van der Waals surface area (Å²) in [6.45, 7) is 0. The molecule has 0 fully saturated rings. The smallest absolute Gasteiger partial charge is 0.247 e. The summed E-state index contributed by atoms with van der Waals surface area (Å²) < 4.78 is 1.63. The van der Waals surface area contributed by atoms with E-state index in [0.717, 1.165) is 11.3 Å². The summed E-state index contributed by atoms with van der Waals surface area (Å²) in [5, 5.41) is 7.36. The van der Waals surface area contributed by atoms with E-state index in [4.69, 9.17) is 0 Å². The number of para-hydroxylation sites is 1. The molecule has 0 atom stereocenters. The topological polar surface area (TPSA) is 55.1 Å². The lowest BCUT2D eigenvalue weighted by Crippen LogP contribution is -1.92. The molecule has 0 saturated carbocycles. The molecule has 0 spiro atoms. The van der Waals surface area contributed by atoms with Gasteiger partial charge in [-0.2, -0.15) is 4.98 Å². The molecule has 0 unspecified atom stereocenters. The van der Waals surface area contributed by atoms with Gasteiger partial charge >= 0.3 is 0 Å². The molecule has 2 aromatic heterocycles. The van der Waals surface area contributed by atoms with E-state index in [1.807, 2.05) is 36.4 Å². The Kier molecular flexibility index (Phi) is 2.00. The van der Waals surface area contributed by atoms with Crippen LogP contribution >= 0.6 is 0 Å². The number of anilines is 2. The summed E-state index contributed by atoms with van der Waals surface area (Å²) in [7, 11) is 0. The standard InChI is InChI=1S/C11H9N5/c1-2-4-9(5-3-1)13-11-14-10-6-7-12-8-16(10)15-11/h1-8H,(H,13,15). The summed E-state index contributed by atoms with van der Waals surface area (Å²) >= 11 is 0. The number of hydrogen-bond acceptors (Lipinski definition) is 4. The first kappa shape index (κ1) is 8.84. The third-order valence-electron chi connectivity index (χ3n) is 2.17. The van der Waals surface area contributed by atoms with Gasteiger partial charge in [0.05, 0.1) is 0 Å². The van der Waals surface area contributed by atoms with E-state index in [-0.39, 0.29) is 0 Å². The molecule has 0 saturated heterocycles. The molecule has 3 aromatic rings. The molecule has 0 aliphatic carbocycles. The largest absolute Gasteiger partial charge is 0.323 e. The molecule has 2 heterocycles. The molecular weight excluding hydrogens is 202 g/mol. The van der Waals surface area contributed by atoms with Gasteiger partial charge in [-0.05, 0) is 12.1 Å². The Morgan fingerprint density at radius 2 is 1.94 bits per heavy atom. The van der Waals surface area contributed by atoms with Crippen molar-refractivity contribution in [1.29, 1.82) is 0 Å². The molecule has 0 radical (unpaired) electrons. The van der Waals surface area contributed by atoms with Crippen molar-refractivity contribution in [3.63, 3.8) is 0 Å². The van der Waals surface area contributed by atoms with Crippen LogP contribution in [0.2, 0.25) is 0 Å². The lowest BCUT2D eigenvalue weighted by atomic mass is 10.3. The Balaban J connectivity index is 1.95. The van der Waals surface area contributed by atoms with Gasteiger partial charge in [-0.15, -0.1) is 5.10 Å². The number of fused-ring (bicyclic) bond motifs is 1. The van der Waals surface area contributed by atoms with Crippen LogP contribution in [0.3, 0.4) is 0 Å². The molecule has 0 bridgehead atoms. The van der Waals surface area contributed by atoms with Crippen LogP contribution in [-0.4, -0.2) is 19.6 Å². The Morgan fingerprint density at radius 3 is 2.75 bits per heavy atom. The number of nitrogens with zero attached hydrogens (tertiary/aromatic N) is 4. The second-order valence-corrected chi connectivity index (χ2v) is 3.31. The Bertz CT molecular complexity index is 569. The van der Waals surface area contributed by atoms with Crippen molar-refractivity contribution in [3.8, 4) is 0 Å². The molecule has 1 aromatic carbocycles. The van der Waals surface area contributed by atoms with Gasteiger partial charge in [0.1, 0.15) is 6.33 Å². The normalized spacial score (nSPS) is 10.5. The van der Waals surface area contributed by atoms with Crippen molar-refractivity contribution < 1.29 is 0 Å². The third kappa shape index (κ3) is 1.58. The maximum absolute atomic E-state index is 4.31. The zero-order valence-corrected chi connectivity index (χ0v) is 8.41. The highest BCUT2D eigenvalue weighted by atomic mass is 15.4. The third-order valence-corrected chi connectivity index (χ3v) is 2.17. The fourth-order valence-corrected chi connectivity index (χ4v) is 1.45. The first-order chi connectivity index (χ1) is 7.92. The Hall–Kier alpha value is -2.43. The van der Waals surface area contributed by atoms with E-state index in [1.165, 1.54) is 0 Å². The van der Waals surface area contributed by atoms with Crippen LogP contribution in [0.25, 0.3) is 5.65 Å². The van der Waals surface area contributed by atoms with Gasteiger partial charge in [0.2, 0.25) is 5.95 Å². The van der Waals surface area contributed by atoms with Gasteiger partial charge in [-0.25, -0.2) is 9.50 Å². The van der Waals surface area contributed by atoms with Crippen LogP contribution < -0.4 is 5.32 Å². The quantitative estimate of drug-likeness (QED) is 0.703. The summed E-state index contributed by atoms with van der Waals surface area (Å²) in [5.74, 6) is 0.569. The van der Waals surface area contributed by atoms with Gasteiger partial charge in [0.15, 0.2) is 5.65 Å². The van der Waals surface area contributed by atoms with E-state index in [0.29, 0.717) is 5.95 Å². The van der Waals surface area contributed by atoms with Crippen LogP contribution in [0.4, 0.5) is 11.6 Å². The van der Waals surface area contributed by atoms with Crippen molar-refractivity contribution in [1.82, 2.24) is 19.6 Å². The predicted molar refractivity (Wildman–Crippen MR) is 60.5 cm³/mol. The Labute approximate surface area is 91.8 Å². The number of nitrogens with one attached hydrogen (secondary N) is 1. The summed E-state index contributed by atoms with van der Waals surface area (Å²) in [4.78, 5) is 8.27. The monoisotopic (exact) mass is 211 g/mol. The average Bonchev–Trinajstić information content (AvgIpc) is 2.72. The molecular formula is C11H9N5. The molecule has 16 heavy (non-hydrogen) atoms. The maximum atomic E-state index is 4.31. The second-order valence-electron chi connectivity index (χ2n) is 3.31. The molecule has 3 rings (SSSR count). The minimum Gasteiger partial charge on any atom is -0.323 e. The van der Waals surface area contributed by atoms with E-state index in [1.54, 1.807) is 17.0 Å². The highest BCUT2D eigenvalue weighted by Crippen LogP contribution is 2.12. The number of aromatic nitrogens is 4. The van der Waals surface area contributed by atoms with Crippen molar-refractivity contribution in [2.75, 3.05) is 5.32 Å². The molecule has 5 heteroatoms. The van der Waals surface area contributed by atoms with Crippen molar-refractivity contribution in [2.24, 2.45) is 0 Å². The first-order valence-electron chi connectivity index (χ1n) is 4.90.